The van der Waals surface area contributed by atoms with Crippen molar-refractivity contribution in [3.63, 3.8) is 0 Å². The average Bonchev–Trinajstić information content (AvgIpc) is 3.13. The van der Waals surface area contributed by atoms with Crippen molar-refractivity contribution in [2.45, 2.75) is 25.8 Å². The van der Waals surface area contributed by atoms with Crippen LogP contribution in [0.3, 0.4) is 0 Å². The molecule has 1 amide bonds. The van der Waals surface area contributed by atoms with Crippen molar-refractivity contribution in [2.24, 2.45) is 0 Å². The Bertz CT molecular complexity index is 1450. The van der Waals surface area contributed by atoms with Gasteiger partial charge in [-0.3, -0.25) is 14.5 Å². The second-order valence-electron chi connectivity index (χ2n) is 8.14. The maximum absolute atomic E-state index is 13.7. The van der Waals surface area contributed by atoms with Gasteiger partial charge in [0.2, 0.25) is 5.76 Å². The van der Waals surface area contributed by atoms with Crippen molar-refractivity contribution in [1.29, 1.82) is 0 Å². The fourth-order valence-electron chi connectivity index (χ4n) is 4.24. The summed E-state index contributed by atoms with van der Waals surface area (Å²) in [6.07, 6.45) is 1.97. The molecule has 0 aliphatic carbocycles. The van der Waals surface area contributed by atoms with E-state index in [2.05, 4.69) is 22.9 Å². The van der Waals surface area contributed by atoms with Crippen LogP contribution in [0.5, 0.6) is 5.75 Å². The maximum Gasteiger partial charge on any atom is 0.295 e. The number of unbranched alkanes of at least 4 members (excludes halogenated alkanes) is 1. The average molecular weight is 539 g/mol. The number of rotatable bonds is 6. The third-order valence-electron chi connectivity index (χ3n) is 5.88. The first kappa shape index (κ1) is 22.7. The number of nitrogens with zero attached hydrogens (tertiary/aromatic N) is 1. The van der Waals surface area contributed by atoms with Crippen LogP contribution in [-0.2, 0) is 0 Å². The highest BCUT2D eigenvalue weighted by Gasteiger charge is 2.43. The van der Waals surface area contributed by atoms with Gasteiger partial charge >= 0.3 is 0 Å². The maximum atomic E-state index is 13.7. The monoisotopic (exact) mass is 537 g/mol. The molecule has 0 fully saturated rings. The number of ether oxygens (including phenoxy) is 1. The van der Waals surface area contributed by atoms with Gasteiger partial charge in [-0.2, -0.15) is 0 Å². The van der Waals surface area contributed by atoms with E-state index in [1.54, 1.807) is 23.1 Å². The SMILES string of the molecule is CCCCOc1cccc(C2c3c(oc4ccc(Cl)cc4c3=O)C(=O)N2c2ccc(Br)cc2)c1. The number of fused-ring (bicyclic) bond motifs is 2. The second kappa shape index (κ2) is 9.28. The van der Waals surface area contributed by atoms with Crippen LogP contribution >= 0.6 is 27.5 Å². The van der Waals surface area contributed by atoms with Crippen molar-refractivity contribution in [3.8, 4) is 5.75 Å². The van der Waals surface area contributed by atoms with Gasteiger partial charge in [-0.15, -0.1) is 0 Å². The van der Waals surface area contributed by atoms with Gasteiger partial charge in [0.1, 0.15) is 11.3 Å². The molecule has 172 valence electrons. The van der Waals surface area contributed by atoms with Gasteiger partial charge in [-0.1, -0.05) is 53.0 Å². The lowest BCUT2D eigenvalue weighted by atomic mass is 9.98. The molecule has 0 radical (unpaired) electrons. The summed E-state index contributed by atoms with van der Waals surface area (Å²) in [6.45, 7) is 2.70. The summed E-state index contributed by atoms with van der Waals surface area (Å²) >= 11 is 9.61. The van der Waals surface area contributed by atoms with Crippen molar-refractivity contribution in [3.05, 3.63) is 103 Å². The number of halogens is 2. The summed E-state index contributed by atoms with van der Waals surface area (Å²) < 4.78 is 12.8. The first-order valence-electron chi connectivity index (χ1n) is 11.1. The van der Waals surface area contributed by atoms with Crippen molar-refractivity contribution < 1.29 is 13.9 Å². The van der Waals surface area contributed by atoms with E-state index in [-0.39, 0.29) is 17.1 Å². The van der Waals surface area contributed by atoms with E-state index < -0.39 is 6.04 Å². The first-order valence-corrected chi connectivity index (χ1v) is 12.2. The van der Waals surface area contributed by atoms with Gasteiger partial charge in [0.05, 0.1) is 23.6 Å². The fraction of sp³-hybridized carbons (Fsp3) is 0.185. The van der Waals surface area contributed by atoms with Gasteiger partial charge in [0.15, 0.2) is 5.43 Å². The Morgan fingerprint density at radius 2 is 1.85 bits per heavy atom. The summed E-state index contributed by atoms with van der Waals surface area (Å²) in [7, 11) is 0. The third-order valence-corrected chi connectivity index (χ3v) is 6.64. The molecule has 1 atom stereocenters. The van der Waals surface area contributed by atoms with E-state index in [1.165, 1.54) is 0 Å². The van der Waals surface area contributed by atoms with Crippen molar-refractivity contribution >= 4 is 50.1 Å². The quantitative estimate of drug-likeness (QED) is 0.245. The molecule has 0 saturated carbocycles. The number of amides is 1. The largest absolute Gasteiger partial charge is 0.494 e. The predicted molar refractivity (Wildman–Crippen MR) is 137 cm³/mol. The van der Waals surface area contributed by atoms with Crippen LogP contribution in [0.15, 0.2) is 80.4 Å². The van der Waals surface area contributed by atoms with E-state index >= 15 is 0 Å². The van der Waals surface area contributed by atoms with Crippen LogP contribution < -0.4 is 15.1 Å². The van der Waals surface area contributed by atoms with Gasteiger partial charge < -0.3 is 9.15 Å². The molecule has 7 heteroatoms. The van der Waals surface area contributed by atoms with E-state index in [0.717, 1.165) is 22.9 Å². The van der Waals surface area contributed by atoms with E-state index in [4.69, 9.17) is 20.8 Å². The minimum Gasteiger partial charge on any atom is -0.494 e. The molecule has 0 spiro atoms. The molecule has 0 bridgehead atoms. The normalized spacial score (nSPS) is 15.1. The highest BCUT2D eigenvalue weighted by atomic mass is 79.9. The summed E-state index contributed by atoms with van der Waals surface area (Å²) in [5, 5.41) is 0.772. The van der Waals surface area contributed by atoms with Crippen LogP contribution in [-0.4, -0.2) is 12.5 Å². The molecule has 1 aromatic heterocycles. The topological polar surface area (TPSA) is 59.8 Å². The molecule has 1 aliphatic rings. The zero-order chi connectivity index (χ0) is 23.8. The minimum absolute atomic E-state index is 0.0463. The number of carbonyl (C=O) groups excluding carboxylic acids is 1. The van der Waals surface area contributed by atoms with Crippen LogP contribution in [0.25, 0.3) is 11.0 Å². The molecule has 2 heterocycles. The molecule has 4 aromatic rings. The number of benzene rings is 3. The lowest BCUT2D eigenvalue weighted by molar-refractivity contribution is 0.0971. The summed E-state index contributed by atoms with van der Waals surface area (Å²) in [6, 6.07) is 19.1. The zero-order valence-electron chi connectivity index (χ0n) is 18.4. The van der Waals surface area contributed by atoms with Gasteiger partial charge in [0.25, 0.3) is 5.91 Å². The van der Waals surface area contributed by atoms with E-state index in [1.807, 2.05) is 48.5 Å². The Morgan fingerprint density at radius 3 is 2.62 bits per heavy atom. The summed E-state index contributed by atoms with van der Waals surface area (Å²) in [5.74, 6) is 0.370. The fourth-order valence-corrected chi connectivity index (χ4v) is 4.67. The van der Waals surface area contributed by atoms with Gasteiger partial charge in [0, 0.05) is 15.2 Å². The number of hydrogen-bond donors (Lipinski definition) is 0. The number of carbonyl (C=O) groups is 1. The Labute approximate surface area is 210 Å². The zero-order valence-corrected chi connectivity index (χ0v) is 20.7. The highest BCUT2D eigenvalue weighted by molar-refractivity contribution is 9.10. The van der Waals surface area contributed by atoms with Crippen molar-refractivity contribution in [1.82, 2.24) is 0 Å². The smallest absolute Gasteiger partial charge is 0.295 e. The Hall–Kier alpha value is -3.09. The number of anilines is 1. The molecule has 3 aromatic carbocycles. The lowest BCUT2D eigenvalue weighted by Crippen LogP contribution is -2.29. The van der Waals surface area contributed by atoms with Crippen LogP contribution in [0.1, 0.15) is 47.5 Å². The van der Waals surface area contributed by atoms with E-state index in [9.17, 15) is 9.59 Å². The van der Waals surface area contributed by atoms with E-state index in [0.29, 0.717) is 39.6 Å². The van der Waals surface area contributed by atoms with Crippen LogP contribution in [0.4, 0.5) is 5.69 Å². The third kappa shape index (κ3) is 4.01. The molecular weight excluding hydrogens is 518 g/mol. The molecule has 0 N–H and O–H groups in total. The highest BCUT2D eigenvalue weighted by Crippen LogP contribution is 2.42. The Balaban J connectivity index is 1.71. The minimum atomic E-state index is -0.668. The Kier molecular flexibility index (Phi) is 6.19. The molecule has 5 nitrogen and oxygen atoms in total. The molecule has 1 aliphatic heterocycles. The molecule has 0 saturated heterocycles. The predicted octanol–water partition coefficient (Wildman–Crippen LogP) is 7.14. The van der Waals surface area contributed by atoms with Crippen LogP contribution in [0.2, 0.25) is 5.02 Å². The molecule has 1 unspecified atom stereocenters. The standard InChI is InChI=1S/C27H21BrClNO4/c1-2-3-13-33-20-6-4-5-16(14-20)24-23-25(31)21-15-18(29)9-12-22(21)34-26(23)27(32)30(24)19-10-7-17(28)8-11-19/h4-12,14-15,24H,2-3,13H2,1H3. The van der Waals surface area contributed by atoms with Crippen LogP contribution in [0, 0.1) is 0 Å². The first-order chi connectivity index (χ1) is 16.5. The molecular formula is C27H21BrClNO4. The molecule has 34 heavy (non-hydrogen) atoms. The molecule has 5 rings (SSSR count). The second-order valence-corrected chi connectivity index (χ2v) is 9.50. The summed E-state index contributed by atoms with van der Waals surface area (Å²) in [4.78, 5) is 28.9. The summed E-state index contributed by atoms with van der Waals surface area (Å²) in [5.41, 5.74) is 1.78. The van der Waals surface area contributed by atoms with Crippen molar-refractivity contribution in [2.75, 3.05) is 11.5 Å². The van der Waals surface area contributed by atoms with Gasteiger partial charge in [-0.25, -0.2) is 0 Å². The lowest BCUT2D eigenvalue weighted by Gasteiger charge is -2.25. The van der Waals surface area contributed by atoms with Gasteiger partial charge in [-0.05, 0) is 66.6 Å². The Morgan fingerprint density at radius 1 is 1.06 bits per heavy atom. The number of hydrogen-bond acceptors (Lipinski definition) is 4.